The van der Waals surface area contributed by atoms with Crippen LogP contribution in [0.2, 0.25) is 0 Å². The van der Waals surface area contributed by atoms with Gasteiger partial charge in [0.05, 0.1) is 6.61 Å². The summed E-state index contributed by atoms with van der Waals surface area (Å²) in [6.45, 7) is 4.90. The molecule has 0 unspecified atom stereocenters. The molecule has 156 valence electrons. The van der Waals surface area contributed by atoms with Crippen molar-refractivity contribution in [2.45, 2.75) is 45.7 Å². The van der Waals surface area contributed by atoms with Gasteiger partial charge in [0.1, 0.15) is 17.6 Å². The van der Waals surface area contributed by atoms with E-state index in [0.717, 1.165) is 11.3 Å². The van der Waals surface area contributed by atoms with Gasteiger partial charge in [0.15, 0.2) is 0 Å². The molecule has 0 bridgehead atoms. The van der Waals surface area contributed by atoms with Crippen molar-refractivity contribution >= 4 is 11.8 Å². The van der Waals surface area contributed by atoms with E-state index in [2.05, 4.69) is 5.32 Å². The van der Waals surface area contributed by atoms with Crippen LogP contribution in [0.25, 0.3) is 0 Å². The van der Waals surface area contributed by atoms with Crippen molar-refractivity contribution in [3.63, 3.8) is 0 Å². The van der Waals surface area contributed by atoms with Gasteiger partial charge >= 0.3 is 0 Å². The highest BCUT2D eigenvalue weighted by Crippen LogP contribution is 2.15. The van der Waals surface area contributed by atoms with Gasteiger partial charge in [-0.2, -0.15) is 0 Å². The Bertz CT molecular complexity index is 765. The van der Waals surface area contributed by atoms with Gasteiger partial charge < -0.3 is 15.0 Å². The zero-order chi connectivity index (χ0) is 21.1. The van der Waals surface area contributed by atoms with E-state index in [1.54, 1.807) is 17.0 Å². The van der Waals surface area contributed by atoms with Crippen LogP contribution in [0.4, 0.5) is 4.39 Å². The lowest BCUT2D eigenvalue weighted by Gasteiger charge is -2.30. The number of carbonyl (C=O) groups is 2. The Morgan fingerprint density at radius 3 is 2.38 bits per heavy atom. The van der Waals surface area contributed by atoms with E-state index < -0.39 is 6.04 Å². The number of rotatable bonds is 11. The van der Waals surface area contributed by atoms with Crippen molar-refractivity contribution in [1.29, 1.82) is 0 Å². The molecule has 0 aromatic heterocycles. The molecule has 2 aromatic rings. The van der Waals surface area contributed by atoms with Crippen LogP contribution in [0.15, 0.2) is 54.6 Å². The Kier molecular flexibility index (Phi) is 9.15. The Labute approximate surface area is 171 Å². The Morgan fingerprint density at radius 2 is 1.76 bits per heavy atom. The highest BCUT2D eigenvalue weighted by molar-refractivity contribution is 5.87. The van der Waals surface area contributed by atoms with Crippen molar-refractivity contribution in [3.8, 4) is 5.75 Å². The molecular formula is C23H29FN2O3. The van der Waals surface area contributed by atoms with E-state index in [9.17, 15) is 14.0 Å². The summed E-state index contributed by atoms with van der Waals surface area (Å²) < 4.78 is 18.9. The standard InChI is InChI=1S/C23H29FN2O3/c1-3-21(23(28)25-4-2)26(17-18-12-14-19(24)15-13-18)22(27)11-8-16-29-20-9-6-5-7-10-20/h5-7,9-10,12-15,21H,3-4,8,11,16-17H2,1-2H3,(H,25,28)/t21-/m0/s1. The lowest BCUT2D eigenvalue weighted by atomic mass is 10.1. The summed E-state index contributed by atoms with van der Waals surface area (Å²) in [5.41, 5.74) is 0.781. The van der Waals surface area contributed by atoms with Gasteiger partial charge in [0, 0.05) is 19.5 Å². The number of halogens is 1. The van der Waals surface area contributed by atoms with E-state index in [-0.39, 0.29) is 30.6 Å². The summed E-state index contributed by atoms with van der Waals surface area (Å²) in [4.78, 5) is 27.0. The topological polar surface area (TPSA) is 58.6 Å². The summed E-state index contributed by atoms with van der Waals surface area (Å²) >= 11 is 0. The molecule has 2 amide bonds. The summed E-state index contributed by atoms with van der Waals surface area (Å²) in [5, 5.41) is 2.80. The fraction of sp³-hybridized carbons (Fsp3) is 0.391. The molecule has 0 saturated heterocycles. The number of ether oxygens (including phenoxy) is 1. The molecule has 5 nitrogen and oxygen atoms in total. The molecule has 0 aliphatic heterocycles. The lowest BCUT2D eigenvalue weighted by Crippen LogP contribution is -2.49. The van der Waals surface area contributed by atoms with Crippen LogP contribution >= 0.6 is 0 Å². The van der Waals surface area contributed by atoms with Gasteiger partial charge in [-0.3, -0.25) is 9.59 Å². The minimum absolute atomic E-state index is 0.121. The second kappa shape index (κ2) is 11.8. The van der Waals surface area contributed by atoms with E-state index in [1.165, 1.54) is 12.1 Å². The summed E-state index contributed by atoms with van der Waals surface area (Å²) in [6, 6.07) is 14.9. The monoisotopic (exact) mass is 400 g/mol. The van der Waals surface area contributed by atoms with E-state index in [1.807, 2.05) is 44.2 Å². The predicted octanol–water partition coefficient (Wildman–Crippen LogP) is 3.93. The number of likely N-dealkylation sites (N-methyl/N-ethyl adjacent to an activating group) is 1. The number of amides is 2. The predicted molar refractivity (Wildman–Crippen MR) is 111 cm³/mol. The average Bonchev–Trinajstić information content (AvgIpc) is 2.73. The van der Waals surface area contributed by atoms with Crippen molar-refractivity contribution in [3.05, 3.63) is 66.0 Å². The third kappa shape index (κ3) is 7.22. The number of benzene rings is 2. The molecule has 0 fully saturated rings. The zero-order valence-corrected chi connectivity index (χ0v) is 17.1. The van der Waals surface area contributed by atoms with Crippen molar-refractivity contribution < 1.29 is 18.7 Å². The second-order valence-electron chi connectivity index (χ2n) is 6.73. The van der Waals surface area contributed by atoms with Crippen LogP contribution in [-0.2, 0) is 16.1 Å². The number of para-hydroxylation sites is 1. The molecule has 0 spiro atoms. The molecule has 1 N–H and O–H groups in total. The van der Waals surface area contributed by atoms with Crippen molar-refractivity contribution in [1.82, 2.24) is 10.2 Å². The minimum Gasteiger partial charge on any atom is -0.494 e. The van der Waals surface area contributed by atoms with Crippen LogP contribution < -0.4 is 10.1 Å². The molecule has 2 rings (SSSR count). The van der Waals surface area contributed by atoms with Crippen LogP contribution in [0, 0.1) is 5.82 Å². The van der Waals surface area contributed by atoms with Gasteiger partial charge in [-0.1, -0.05) is 37.3 Å². The molecule has 0 saturated carbocycles. The lowest BCUT2D eigenvalue weighted by molar-refractivity contribution is -0.141. The normalized spacial score (nSPS) is 11.6. The SMILES string of the molecule is CCNC(=O)[C@H](CC)N(Cc1ccc(F)cc1)C(=O)CCCOc1ccccc1. The summed E-state index contributed by atoms with van der Waals surface area (Å²) in [5.74, 6) is 0.132. The highest BCUT2D eigenvalue weighted by Gasteiger charge is 2.27. The summed E-state index contributed by atoms with van der Waals surface area (Å²) in [7, 11) is 0. The Morgan fingerprint density at radius 1 is 1.07 bits per heavy atom. The third-order valence-electron chi connectivity index (χ3n) is 4.55. The zero-order valence-electron chi connectivity index (χ0n) is 17.1. The van der Waals surface area contributed by atoms with Crippen molar-refractivity contribution in [2.75, 3.05) is 13.2 Å². The molecule has 0 heterocycles. The number of nitrogens with zero attached hydrogens (tertiary/aromatic N) is 1. The van der Waals surface area contributed by atoms with Crippen molar-refractivity contribution in [2.24, 2.45) is 0 Å². The van der Waals surface area contributed by atoms with Crippen LogP contribution in [0.5, 0.6) is 5.75 Å². The first kappa shape index (κ1) is 22.4. The quantitative estimate of drug-likeness (QED) is 0.582. The first-order chi connectivity index (χ1) is 14.0. The fourth-order valence-corrected chi connectivity index (χ4v) is 3.07. The molecular weight excluding hydrogens is 371 g/mol. The Balaban J connectivity index is 2.02. The molecule has 0 aliphatic carbocycles. The van der Waals surface area contributed by atoms with Crippen LogP contribution in [-0.4, -0.2) is 35.9 Å². The smallest absolute Gasteiger partial charge is 0.242 e. The van der Waals surface area contributed by atoms with Gasteiger partial charge in [-0.15, -0.1) is 0 Å². The maximum Gasteiger partial charge on any atom is 0.242 e. The maximum atomic E-state index is 13.2. The van der Waals surface area contributed by atoms with Gasteiger partial charge in [0.2, 0.25) is 11.8 Å². The third-order valence-corrected chi connectivity index (χ3v) is 4.55. The molecule has 6 heteroatoms. The van der Waals surface area contributed by atoms with Gasteiger partial charge in [-0.25, -0.2) is 4.39 Å². The van der Waals surface area contributed by atoms with Crippen LogP contribution in [0.3, 0.4) is 0 Å². The number of nitrogens with one attached hydrogen (secondary N) is 1. The molecule has 0 radical (unpaired) electrons. The first-order valence-corrected chi connectivity index (χ1v) is 10.0. The van der Waals surface area contributed by atoms with Gasteiger partial charge in [-0.05, 0) is 49.6 Å². The highest BCUT2D eigenvalue weighted by atomic mass is 19.1. The largest absolute Gasteiger partial charge is 0.494 e. The van der Waals surface area contributed by atoms with Gasteiger partial charge in [0.25, 0.3) is 0 Å². The molecule has 1 atom stereocenters. The molecule has 2 aromatic carbocycles. The van der Waals surface area contributed by atoms with E-state index in [0.29, 0.717) is 26.0 Å². The van der Waals surface area contributed by atoms with E-state index >= 15 is 0 Å². The second-order valence-corrected chi connectivity index (χ2v) is 6.73. The average molecular weight is 400 g/mol. The fourth-order valence-electron chi connectivity index (χ4n) is 3.07. The number of hydrogen-bond donors (Lipinski definition) is 1. The molecule has 29 heavy (non-hydrogen) atoms. The number of carbonyl (C=O) groups excluding carboxylic acids is 2. The molecule has 0 aliphatic rings. The van der Waals surface area contributed by atoms with E-state index in [4.69, 9.17) is 4.74 Å². The first-order valence-electron chi connectivity index (χ1n) is 10.0. The number of hydrogen-bond acceptors (Lipinski definition) is 3. The van der Waals surface area contributed by atoms with Crippen LogP contribution in [0.1, 0.15) is 38.7 Å². The Hall–Kier alpha value is -2.89. The minimum atomic E-state index is -0.567. The maximum absolute atomic E-state index is 13.2. The summed E-state index contributed by atoms with van der Waals surface area (Å²) in [6.07, 6.45) is 1.31.